The molecule has 17 heavy (non-hydrogen) atoms. The lowest BCUT2D eigenvalue weighted by molar-refractivity contribution is -0.135. The Morgan fingerprint density at radius 2 is 2.06 bits per heavy atom. The quantitative estimate of drug-likeness (QED) is 0.668. The third-order valence-corrected chi connectivity index (χ3v) is 2.49. The summed E-state index contributed by atoms with van der Waals surface area (Å²) < 4.78 is 31.5. The molecule has 1 aliphatic rings. The molecule has 6 heteroatoms. The fourth-order valence-corrected chi connectivity index (χ4v) is 1.57. The largest absolute Gasteiger partial charge is 0.444 e. The third-order valence-electron chi connectivity index (χ3n) is 2.49. The number of nitrogens with zero attached hydrogens (tertiary/aromatic N) is 1. The van der Waals surface area contributed by atoms with Gasteiger partial charge >= 0.3 is 6.09 Å². The molecule has 0 aromatic carbocycles. The lowest BCUT2D eigenvalue weighted by Gasteiger charge is -2.36. The van der Waals surface area contributed by atoms with E-state index in [1.54, 1.807) is 20.8 Å². The molecule has 0 saturated carbocycles. The van der Waals surface area contributed by atoms with Crippen molar-refractivity contribution in [3.63, 3.8) is 0 Å². The summed E-state index contributed by atoms with van der Waals surface area (Å²) in [5, 5.41) is 0. The zero-order valence-electron chi connectivity index (χ0n) is 10.2. The molecule has 1 atom stereocenters. The number of rotatable bonds is 1. The van der Waals surface area contributed by atoms with Crippen LogP contribution in [0, 0.1) is 5.92 Å². The second kappa shape index (κ2) is 4.58. The van der Waals surface area contributed by atoms with E-state index in [2.05, 4.69) is 0 Å². The fraction of sp³-hybridized carbons (Fsp3) is 0.818. The van der Waals surface area contributed by atoms with Gasteiger partial charge in [-0.25, -0.2) is 13.6 Å². The molecule has 98 valence electrons. The van der Waals surface area contributed by atoms with Crippen LogP contribution >= 0.6 is 0 Å². The van der Waals surface area contributed by atoms with Gasteiger partial charge in [-0.2, -0.15) is 0 Å². The van der Waals surface area contributed by atoms with Crippen LogP contribution in [0.4, 0.5) is 13.6 Å². The molecule has 0 radical (unpaired) electrons. The number of likely N-dealkylation sites (tertiary alicyclic amines) is 1. The smallest absolute Gasteiger partial charge is 0.410 e. The van der Waals surface area contributed by atoms with E-state index in [-0.39, 0.29) is 19.4 Å². The van der Waals surface area contributed by atoms with Gasteiger partial charge in [0.15, 0.2) is 0 Å². The van der Waals surface area contributed by atoms with Crippen molar-refractivity contribution in [2.24, 2.45) is 5.92 Å². The summed E-state index contributed by atoms with van der Waals surface area (Å²) in [6.07, 6.45) is -0.952. The highest BCUT2D eigenvalue weighted by Gasteiger charge is 2.45. The van der Waals surface area contributed by atoms with Gasteiger partial charge in [0.1, 0.15) is 11.9 Å². The Hall–Kier alpha value is -1.20. The minimum Gasteiger partial charge on any atom is -0.444 e. The highest BCUT2D eigenvalue weighted by Crippen LogP contribution is 2.32. The van der Waals surface area contributed by atoms with Gasteiger partial charge in [0.25, 0.3) is 5.92 Å². The second-order valence-electron chi connectivity index (χ2n) is 5.18. The van der Waals surface area contributed by atoms with Crippen molar-refractivity contribution < 1.29 is 23.1 Å². The zero-order valence-corrected chi connectivity index (χ0v) is 10.2. The number of aldehydes is 1. The molecule has 1 amide bonds. The summed E-state index contributed by atoms with van der Waals surface area (Å²) in [4.78, 5) is 23.4. The molecule has 1 rings (SSSR count). The number of amides is 1. The van der Waals surface area contributed by atoms with Gasteiger partial charge in [-0.05, 0) is 20.8 Å². The molecule has 0 aliphatic carbocycles. The summed E-state index contributed by atoms with van der Waals surface area (Å²) in [7, 11) is 0. The summed E-state index contributed by atoms with van der Waals surface area (Å²) in [5.41, 5.74) is -0.673. The monoisotopic (exact) mass is 249 g/mol. The summed E-state index contributed by atoms with van der Waals surface area (Å²) >= 11 is 0. The first-order valence-corrected chi connectivity index (χ1v) is 5.47. The maximum Gasteiger partial charge on any atom is 0.410 e. The van der Waals surface area contributed by atoms with E-state index >= 15 is 0 Å². The summed E-state index contributed by atoms with van der Waals surface area (Å²) in [6.45, 7) is 4.71. The van der Waals surface area contributed by atoms with E-state index in [0.29, 0.717) is 0 Å². The third kappa shape index (κ3) is 3.64. The molecular formula is C11H17F2NO3. The lowest BCUT2D eigenvalue weighted by Crippen LogP contribution is -2.51. The Morgan fingerprint density at radius 3 is 2.53 bits per heavy atom. The summed E-state index contributed by atoms with van der Waals surface area (Å²) in [5.74, 6) is -4.47. The Balaban J connectivity index is 2.64. The van der Waals surface area contributed by atoms with Crippen molar-refractivity contribution in [3.8, 4) is 0 Å². The minimum absolute atomic E-state index is 0.0910. The molecule has 1 aliphatic heterocycles. The standard InChI is InChI=1S/C11H17F2NO3/c1-10(2,3)17-9(16)14-5-4-11(12,13)8(6-14)7-15/h7-8H,4-6H2,1-3H3. The van der Waals surface area contributed by atoms with Gasteiger partial charge in [0, 0.05) is 19.5 Å². The predicted molar refractivity (Wildman–Crippen MR) is 56.9 cm³/mol. The average molecular weight is 249 g/mol. The first kappa shape index (κ1) is 13.9. The van der Waals surface area contributed by atoms with Crippen molar-refractivity contribution in [2.75, 3.05) is 13.1 Å². The van der Waals surface area contributed by atoms with Gasteiger partial charge in [0.05, 0.1) is 5.92 Å². The Labute approximate surface area is 98.9 Å². The number of carbonyl (C=O) groups is 2. The maximum absolute atomic E-state index is 13.2. The molecule has 4 nitrogen and oxygen atoms in total. The molecule has 0 spiro atoms. The van der Waals surface area contributed by atoms with Crippen molar-refractivity contribution in [1.29, 1.82) is 0 Å². The topological polar surface area (TPSA) is 46.6 Å². The molecule has 1 heterocycles. The van der Waals surface area contributed by atoms with Crippen LogP contribution in [0.3, 0.4) is 0 Å². The van der Waals surface area contributed by atoms with Crippen LogP contribution < -0.4 is 0 Å². The van der Waals surface area contributed by atoms with E-state index in [1.165, 1.54) is 0 Å². The van der Waals surface area contributed by atoms with Crippen LogP contribution in [0.25, 0.3) is 0 Å². The van der Waals surface area contributed by atoms with Crippen molar-refractivity contribution in [3.05, 3.63) is 0 Å². The SMILES string of the molecule is CC(C)(C)OC(=O)N1CCC(F)(F)C(C=O)C1. The van der Waals surface area contributed by atoms with Crippen LogP contribution in [-0.2, 0) is 9.53 Å². The number of carbonyl (C=O) groups excluding carboxylic acids is 2. The van der Waals surface area contributed by atoms with Crippen LogP contribution in [0.15, 0.2) is 0 Å². The summed E-state index contributed by atoms with van der Waals surface area (Å²) in [6, 6.07) is 0. The predicted octanol–water partition coefficient (Wildman–Crippen LogP) is 2.08. The molecule has 1 unspecified atom stereocenters. The molecular weight excluding hydrogens is 232 g/mol. The Morgan fingerprint density at radius 1 is 1.47 bits per heavy atom. The van der Waals surface area contributed by atoms with E-state index in [0.717, 1.165) is 4.90 Å². The Kier molecular flexibility index (Phi) is 3.74. The van der Waals surface area contributed by atoms with Crippen molar-refractivity contribution in [1.82, 2.24) is 4.90 Å². The maximum atomic E-state index is 13.2. The van der Waals surface area contributed by atoms with Crippen LogP contribution in [-0.4, -0.2) is 41.9 Å². The van der Waals surface area contributed by atoms with Gasteiger partial charge in [0.2, 0.25) is 0 Å². The van der Waals surface area contributed by atoms with Crippen LogP contribution in [0.1, 0.15) is 27.2 Å². The number of alkyl halides is 2. The van der Waals surface area contributed by atoms with Gasteiger partial charge in [-0.15, -0.1) is 0 Å². The highest BCUT2D eigenvalue weighted by molar-refractivity contribution is 5.69. The number of piperidine rings is 1. The highest BCUT2D eigenvalue weighted by atomic mass is 19.3. The second-order valence-corrected chi connectivity index (χ2v) is 5.18. The van der Waals surface area contributed by atoms with Crippen molar-refractivity contribution in [2.45, 2.75) is 38.7 Å². The van der Waals surface area contributed by atoms with E-state index in [4.69, 9.17) is 4.74 Å². The minimum atomic E-state index is -3.03. The van der Waals surface area contributed by atoms with Gasteiger partial charge in [-0.3, -0.25) is 0 Å². The average Bonchev–Trinajstić information content (AvgIpc) is 2.14. The molecule has 0 aromatic heterocycles. The number of halogens is 2. The Bertz CT molecular complexity index is 312. The van der Waals surface area contributed by atoms with Gasteiger partial charge < -0.3 is 14.4 Å². The lowest BCUT2D eigenvalue weighted by atomic mass is 9.95. The molecule has 0 N–H and O–H groups in total. The molecule has 0 bridgehead atoms. The first-order chi connectivity index (χ1) is 7.65. The van der Waals surface area contributed by atoms with Gasteiger partial charge in [-0.1, -0.05) is 0 Å². The number of ether oxygens (including phenoxy) is 1. The van der Waals surface area contributed by atoms with E-state index in [9.17, 15) is 18.4 Å². The van der Waals surface area contributed by atoms with E-state index in [1.807, 2.05) is 0 Å². The molecule has 1 fully saturated rings. The van der Waals surface area contributed by atoms with Crippen LogP contribution in [0.5, 0.6) is 0 Å². The molecule has 0 aromatic rings. The zero-order chi connectivity index (χ0) is 13.3. The number of hydrogen-bond donors (Lipinski definition) is 0. The van der Waals surface area contributed by atoms with E-state index < -0.39 is 30.0 Å². The fourth-order valence-electron chi connectivity index (χ4n) is 1.57. The molecule has 1 saturated heterocycles. The van der Waals surface area contributed by atoms with Crippen molar-refractivity contribution >= 4 is 12.4 Å². The normalized spacial score (nSPS) is 24.3. The number of hydrogen-bond acceptors (Lipinski definition) is 3. The first-order valence-electron chi connectivity index (χ1n) is 5.47. The van der Waals surface area contributed by atoms with Crippen LogP contribution in [0.2, 0.25) is 0 Å².